The zero-order valence-electron chi connectivity index (χ0n) is 13.9. The van der Waals surface area contributed by atoms with Crippen LogP contribution in [0.2, 0.25) is 0 Å². The highest BCUT2D eigenvalue weighted by atomic mass is 16.5. The third-order valence-corrected chi connectivity index (χ3v) is 4.10. The van der Waals surface area contributed by atoms with Gasteiger partial charge in [-0.2, -0.15) is 0 Å². The average Bonchev–Trinajstić information content (AvgIpc) is 2.52. The molecule has 2 amide bonds. The molecule has 0 saturated carbocycles. The van der Waals surface area contributed by atoms with Crippen LogP contribution in [0.4, 0.5) is 4.79 Å². The Hall–Kier alpha value is -1.91. The van der Waals surface area contributed by atoms with Gasteiger partial charge in [-0.25, -0.2) is 4.79 Å². The third-order valence-electron chi connectivity index (χ3n) is 4.10. The fraction of sp³-hybridized carbons (Fsp3) is 0.588. The Morgan fingerprint density at radius 3 is 2.50 bits per heavy atom. The van der Waals surface area contributed by atoms with E-state index in [1.54, 1.807) is 14.2 Å². The first kappa shape index (κ1) is 16.5. The maximum absolute atomic E-state index is 12.3. The number of amides is 2. The number of nitrogens with zero attached hydrogens (tertiary/aromatic N) is 1. The summed E-state index contributed by atoms with van der Waals surface area (Å²) in [6.45, 7) is 5.51. The summed E-state index contributed by atoms with van der Waals surface area (Å²) < 4.78 is 10.7. The van der Waals surface area contributed by atoms with Gasteiger partial charge in [0, 0.05) is 19.1 Å². The predicted molar refractivity (Wildman–Crippen MR) is 86.6 cm³/mol. The maximum Gasteiger partial charge on any atom is 0.317 e. The quantitative estimate of drug-likeness (QED) is 0.910. The predicted octanol–water partition coefficient (Wildman–Crippen LogP) is 2.96. The van der Waals surface area contributed by atoms with Gasteiger partial charge in [0.1, 0.15) is 0 Å². The first-order valence-corrected chi connectivity index (χ1v) is 7.88. The van der Waals surface area contributed by atoms with Crippen LogP contribution < -0.4 is 14.8 Å². The second-order valence-corrected chi connectivity index (χ2v) is 5.79. The van der Waals surface area contributed by atoms with E-state index in [4.69, 9.17) is 9.47 Å². The normalized spacial score (nSPS) is 15.0. The van der Waals surface area contributed by atoms with E-state index in [1.165, 1.54) is 5.56 Å². The summed E-state index contributed by atoms with van der Waals surface area (Å²) in [4.78, 5) is 14.2. The molecule has 0 fully saturated rings. The first-order valence-electron chi connectivity index (χ1n) is 7.88. The van der Waals surface area contributed by atoms with Crippen molar-refractivity contribution in [1.29, 1.82) is 0 Å². The van der Waals surface area contributed by atoms with Crippen LogP contribution in [-0.4, -0.2) is 37.7 Å². The molecule has 2 rings (SSSR count). The lowest BCUT2D eigenvalue weighted by molar-refractivity contribution is 0.188. The van der Waals surface area contributed by atoms with Crippen LogP contribution in [0.3, 0.4) is 0 Å². The highest BCUT2D eigenvalue weighted by Gasteiger charge is 2.23. The molecule has 0 aliphatic carbocycles. The summed E-state index contributed by atoms with van der Waals surface area (Å²) in [7, 11) is 3.27. The van der Waals surface area contributed by atoms with Gasteiger partial charge in [-0.05, 0) is 43.0 Å². The van der Waals surface area contributed by atoms with Crippen molar-refractivity contribution in [2.75, 3.05) is 20.8 Å². The monoisotopic (exact) mass is 306 g/mol. The van der Waals surface area contributed by atoms with E-state index in [-0.39, 0.29) is 12.1 Å². The SMILES string of the molecule is CCC[C@H](C)NC(=O)N1CCc2cc(OC)c(OC)cc2C1. The number of hydrogen-bond donors (Lipinski definition) is 1. The number of rotatable bonds is 5. The number of fused-ring (bicyclic) bond motifs is 1. The fourth-order valence-electron chi connectivity index (χ4n) is 2.86. The molecular formula is C17H26N2O3. The van der Waals surface area contributed by atoms with Crippen LogP contribution in [0.5, 0.6) is 11.5 Å². The Morgan fingerprint density at radius 2 is 1.91 bits per heavy atom. The second kappa shape index (κ2) is 7.38. The molecule has 1 heterocycles. The standard InChI is InChI=1S/C17H26N2O3/c1-5-6-12(2)18-17(20)19-8-7-13-9-15(21-3)16(22-4)10-14(13)11-19/h9-10,12H,5-8,11H2,1-4H3,(H,18,20)/t12-/m0/s1. The first-order chi connectivity index (χ1) is 10.6. The van der Waals surface area contributed by atoms with Crippen molar-refractivity contribution in [3.05, 3.63) is 23.3 Å². The molecule has 122 valence electrons. The molecule has 5 heteroatoms. The molecule has 0 aromatic heterocycles. The van der Waals surface area contributed by atoms with Crippen LogP contribution in [0.1, 0.15) is 37.8 Å². The number of urea groups is 1. The maximum atomic E-state index is 12.3. The van der Waals surface area contributed by atoms with Crippen molar-refractivity contribution in [2.45, 2.75) is 45.7 Å². The molecule has 0 radical (unpaired) electrons. The van der Waals surface area contributed by atoms with Crippen molar-refractivity contribution < 1.29 is 14.3 Å². The number of nitrogens with one attached hydrogen (secondary N) is 1. The van der Waals surface area contributed by atoms with E-state index in [0.29, 0.717) is 12.3 Å². The van der Waals surface area contributed by atoms with Crippen molar-refractivity contribution in [1.82, 2.24) is 10.2 Å². The summed E-state index contributed by atoms with van der Waals surface area (Å²) >= 11 is 0. The van der Waals surface area contributed by atoms with Crippen LogP contribution in [0, 0.1) is 0 Å². The molecule has 0 unspecified atom stereocenters. The van der Waals surface area contributed by atoms with Crippen molar-refractivity contribution in [3.8, 4) is 11.5 Å². The molecular weight excluding hydrogens is 280 g/mol. The Kier molecular flexibility index (Phi) is 5.52. The average molecular weight is 306 g/mol. The lowest BCUT2D eigenvalue weighted by Crippen LogP contribution is -2.45. The zero-order chi connectivity index (χ0) is 16.1. The number of ether oxygens (including phenoxy) is 2. The minimum atomic E-state index is 0.0152. The van der Waals surface area contributed by atoms with Crippen molar-refractivity contribution >= 4 is 6.03 Å². The minimum absolute atomic E-state index is 0.0152. The molecule has 0 saturated heterocycles. The van der Waals surface area contributed by atoms with Gasteiger partial charge in [-0.3, -0.25) is 0 Å². The Morgan fingerprint density at radius 1 is 1.27 bits per heavy atom. The van der Waals surface area contributed by atoms with Gasteiger partial charge in [0.25, 0.3) is 0 Å². The molecule has 0 spiro atoms. The number of hydrogen-bond acceptors (Lipinski definition) is 3. The third kappa shape index (κ3) is 3.64. The lowest BCUT2D eigenvalue weighted by atomic mass is 9.99. The summed E-state index contributed by atoms with van der Waals surface area (Å²) in [5.41, 5.74) is 2.35. The Balaban J connectivity index is 2.09. The van der Waals surface area contributed by atoms with Crippen LogP contribution in [0.25, 0.3) is 0 Å². The summed E-state index contributed by atoms with van der Waals surface area (Å²) in [5, 5.41) is 3.06. The summed E-state index contributed by atoms with van der Waals surface area (Å²) in [6, 6.07) is 4.22. The van der Waals surface area contributed by atoms with Gasteiger partial charge in [0.2, 0.25) is 0 Å². The van der Waals surface area contributed by atoms with Gasteiger partial charge in [-0.15, -0.1) is 0 Å². The fourth-order valence-corrected chi connectivity index (χ4v) is 2.86. The molecule has 1 N–H and O–H groups in total. The van der Waals surface area contributed by atoms with Gasteiger partial charge < -0.3 is 19.7 Å². The van der Waals surface area contributed by atoms with Crippen molar-refractivity contribution in [2.24, 2.45) is 0 Å². The van der Waals surface area contributed by atoms with Crippen LogP contribution >= 0.6 is 0 Å². The van der Waals surface area contributed by atoms with E-state index in [1.807, 2.05) is 24.0 Å². The van der Waals surface area contributed by atoms with E-state index < -0.39 is 0 Å². The Labute approximate surface area is 132 Å². The van der Waals surface area contributed by atoms with Gasteiger partial charge in [0.15, 0.2) is 11.5 Å². The highest BCUT2D eigenvalue weighted by Crippen LogP contribution is 2.33. The lowest BCUT2D eigenvalue weighted by Gasteiger charge is -2.30. The van der Waals surface area contributed by atoms with Crippen LogP contribution in [0.15, 0.2) is 12.1 Å². The molecule has 0 bridgehead atoms. The molecule has 5 nitrogen and oxygen atoms in total. The topological polar surface area (TPSA) is 50.8 Å². The summed E-state index contributed by atoms with van der Waals surface area (Å²) in [5.74, 6) is 1.46. The number of carbonyl (C=O) groups excluding carboxylic acids is 1. The van der Waals surface area contributed by atoms with Crippen molar-refractivity contribution in [3.63, 3.8) is 0 Å². The molecule has 22 heavy (non-hydrogen) atoms. The summed E-state index contributed by atoms with van der Waals surface area (Å²) in [6.07, 6.45) is 2.91. The van der Waals surface area contributed by atoms with E-state index in [0.717, 1.165) is 37.1 Å². The number of methoxy groups -OCH3 is 2. The molecule has 1 aromatic rings. The number of benzene rings is 1. The highest BCUT2D eigenvalue weighted by molar-refractivity contribution is 5.75. The minimum Gasteiger partial charge on any atom is -0.493 e. The molecule has 1 aromatic carbocycles. The van der Waals surface area contributed by atoms with Gasteiger partial charge in [0.05, 0.1) is 14.2 Å². The smallest absolute Gasteiger partial charge is 0.317 e. The molecule has 1 aliphatic rings. The zero-order valence-corrected chi connectivity index (χ0v) is 13.9. The Bertz CT molecular complexity index is 531. The van der Waals surface area contributed by atoms with Crippen LogP contribution in [-0.2, 0) is 13.0 Å². The van der Waals surface area contributed by atoms with Gasteiger partial charge in [-0.1, -0.05) is 13.3 Å². The van der Waals surface area contributed by atoms with Gasteiger partial charge >= 0.3 is 6.03 Å². The molecule has 1 aliphatic heterocycles. The largest absolute Gasteiger partial charge is 0.493 e. The van der Waals surface area contributed by atoms with E-state index in [9.17, 15) is 4.79 Å². The van der Waals surface area contributed by atoms with E-state index >= 15 is 0 Å². The molecule has 1 atom stereocenters. The number of carbonyl (C=O) groups is 1. The van der Waals surface area contributed by atoms with E-state index in [2.05, 4.69) is 12.2 Å². The second-order valence-electron chi connectivity index (χ2n) is 5.79.